The monoisotopic (exact) mass is 288 g/mol. The van der Waals surface area contributed by atoms with Crippen molar-refractivity contribution in [3.05, 3.63) is 36.2 Å². The summed E-state index contributed by atoms with van der Waals surface area (Å²) in [6.45, 7) is 2.71. The summed E-state index contributed by atoms with van der Waals surface area (Å²) < 4.78 is 5.06. The number of carbonyl (C=O) groups excluding carboxylic acids is 2. The van der Waals surface area contributed by atoms with E-state index < -0.39 is 6.04 Å². The summed E-state index contributed by atoms with van der Waals surface area (Å²) in [6.07, 6.45) is 9.11. The molecule has 0 saturated carbocycles. The lowest BCUT2D eigenvalue weighted by Crippen LogP contribution is -2.48. The number of hydrogen-bond acceptors (Lipinski definition) is 4. The number of likely N-dealkylation sites (tertiary alicyclic amines) is 1. The Balaban J connectivity index is 2.05. The van der Waals surface area contributed by atoms with E-state index >= 15 is 0 Å². The van der Waals surface area contributed by atoms with Crippen LogP contribution in [-0.4, -0.2) is 41.0 Å². The van der Waals surface area contributed by atoms with Crippen LogP contribution in [0, 0.1) is 0 Å². The predicted molar refractivity (Wildman–Crippen MR) is 79.3 cm³/mol. The molecule has 21 heavy (non-hydrogen) atoms. The van der Waals surface area contributed by atoms with Crippen LogP contribution in [0.1, 0.15) is 31.7 Å². The van der Waals surface area contributed by atoms with Gasteiger partial charge in [0.2, 0.25) is 5.91 Å². The van der Waals surface area contributed by atoms with Gasteiger partial charge in [0.15, 0.2) is 0 Å². The summed E-state index contributed by atoms with van der Waals surface area (Å²) in [7, 11) is 0. The average molecular weight is 288 g/mol. The molecule has 0 bridgehead atoms. The quantitative estimate of drug-likeness (QED) is 0.628. The fourth-order valence-corrected chi connectivity index (χ4v) is 2.42. The first-order valence-electron chi connectivity index (χ1n) is 7.27. The highest BCUT2D eigenvalue weighted by molar-refractivity contribution is 5.94. The zero-order valence-electron chi connectivity index (χ0n) is 12.2. The van der Waals surface area contributed by atoms with Crippen LogP contribution in [0.25, 0.3) is 6.08 Å². The molecule has 112 valence electrons. The van der Waals surface area contributed by atoms with Crippen molar-refractivity contribution in [1.82, 2.24) is 9.88 Å². The number of amides is 1. The topological polar surface area (TPSA) is 59.5 Å². The summed E-state index contributed by atoms with van der Waals surface area (Å²) in [6, 6.07) is 3.23. The Bertz CT molecular complexity index is 514. The number of pyridine rings is 1. The molecule has 5 heteroatoms. The van der Waals surface area contributed by atoms with E-state index in [0.717, 1.165) is 18.4 Å². The van der Waals surface area contributed by atoms with Gasteiger partial charge in [-0.05, 0) is 43.9 Å². The van der Waals surface area contributed by atoms with E-state index in [0.29, 0.717) is 19.6 Å². The van der Waals surface area contributed by atoms with Crippen LogP contribution in [0.4, 0.5) is 0 Å². The molecule has 0 aliphatic carbocycles. The Morgan fingerprint density at radius 3 is 3.05 bits per heavy atom. The Hall–Kier alpha value is -2.17. The van der Waals surface area contributed by atoms with Gasteiger partial charge in [0.05, 0.1) is 6.61 Å². The molecule has 1 amide bonds. The van der Waals surface area contributed by atoms with Crippen molar-refractivity contribution in [2.75, 3.05) is 13.2 Å². The van der Waals surface area contributed by atoms with E-state index in [-0.39, 0.29) is 11.9 Å². The van der Waals surface area contributed by atoms with Gasteiger partial charge in [-0.2, -0.15) is 0 Å². The van der Waals surface area contributed by atoms with Crippen LogP contribution in [0.5, 0.6) is 0 Å². The summed E-state index contributed by atoms with van der Waals surface area (Å²) in [5, 5.41) is 0. The van der Waals surface area contributed by atoms with Gasteiger partial charge >= 0.3 is 5.97 Å². The molecular formula is C16H20N2O3. The lowest BCUT2D eigenvalue weighted by Gasteiger charge is -2.33. The third-order valence-electron chi connectivity index (χ3n) is 3.45. The number of carbonyl (C=O) groups is 2. The van der Waals surface area contributed by atoms with E-state index in [1.54, 1.807) is 30.3 Å². The molecule has 2 heterocycles. The Labute approximate surface area is 124 Å². The molecule has 0 aromatic carbocycles. The van der Waals surface area contributed by atoms with Gasteiger partial charge in [-0.25, -0.2) is 4.79 Å². The molecule has 0 radical (unpaired) electrons. The van der Waals surface area contributed by atoms with Crippen molar-refractivity contribution in [2.24, 2.45) is 0 Å². The first-order valence-corrected chi connectivity index (χ1v) is 7.27. The van der Waals surface area contributed by atoms with E-state index in [1.807, 2.05) is 12.1 Å². The Morgan fingerprint density at radius 2 is 2.33 bits per heavy atom. The predicted octanol–water partition coefficient (Wildman–Crippen LogP) is 2.04. The molecular weight excluding hydrogens is 268 g/mol. The molecule has 1 aromatic rings. The first-order chi connectivity index (χ1) is 10.2. The van der Waals surface area contributed by atoms with E-state index in [9.17, 15) is 9.59 Å². The lowest BCUT2D eigenvalue weighted by atomic mass is 10.0. The Morgan fingerprint density at radius 1 is 1.48 bits per heavy atom. The second-order valence-corrected chi connectivity index (χ2v) is 4.91. The minimum Gasteiger partial charge on any atom is -0.464 e. The number of nitrogens with zero attached hydrogens (tertiary/aromatic N) is 2. The van der Waals surface area contributed by atoms with Crippen molar-refractivity contribution in [2.45, 2.75) is 32.2 Å². The largest absolute Gasteiger partial charge is 0.464 e. The first kappa shape index (κ1) is 15.2. The fourth-order valence-electron chi connectivity index (χ4n) is 2.42. The van der Waals surface area contributed by atoms with Crippen LogP contribution < -0.4 is 0 Å². The van der Waals surface area contributed by atoms with Gasteiger partial charge < -0.3 is 9.64 Å². The van der Waals surface area contributed by atoms with Gasteiger partial charge in [-0.3, -0.25) is 9.78 Å². The van der Waals surface area contributed by atoms with Crippen LogP contribution in [0.3, 0.4) is 0 Å². The van der Waals surface area contributed by atoms with Crippen molar-refractivity contribution < 1.29 is 14.3 Å². The van der Waals surface area contributed by atoms with Crippen molar-refractivity contribution in [1.29, 1.82) is 0 Å². The number of hydrogen-bond donors (Lipinski definition) is 0. The zero-order chi connectivity index (χ0) is 15.1. The van der Waals surface area contributed by atoms with E-state index in [1.165, 1.54) is 6.08 Å². The van der Waals surface area contributed by atoms with Gasteiger partial charge in [-0.15, -0.1) is 0 Å². The Kier molecular flexibility index (Phi) is 5.49. The highest BCUT2D eigenvalue weighted by Gasteiger charge is 2.31. The number of ether oxygens (including phenoxy) is 1. The van der Waals surface area contributed by atoms with Gasteiger partial charge in [0, 0.05) is 25.0 Å². The van der Waals surface area contributed by atoms with E-state index in [2.05, 4.69) is 4.98 Å². The number of aromatic nitrogens is 1. The maximum Gasteiger partial charge on any atom is 0.328 e. The maximum atomic E-state index is 12.3. The fraction of sp³-hybridized carbons (Fsp3) is 0.438. The molecule has 2 rings (SSSR count). The average Bonchev–Trinajstić information content (AvgIpc) is 2.54. The van der Waals surface area contributed by atoms with Crippen molar-refractivity contribution in [3.8, 4) is 0 Å². The van der Waals surface area contributed by atoms with Crippen LogP contribution >= 0.6 is 0 Å². The SMILES string of the molecule is CCOC(=O)C1CCCCN1C(=O)/C=C/c1cccnc1. The molecule has 1 fully saturated rings. The zero-order valence-corrected chi connectivity index (χ0v) is 12.2. The minimum absolute atomic E-state index is 0.156. The highest BCUT2D eigenvalue weighted by Crippen LogP contribution is 2.19. The van der Waals surface area contributed by atoms with Crippen LogP contribution in [0.15, 0.2) is 30.6 Å². The molecule has 1 unspecified atom stereocenters. The van der Waals surface area contributed by atoms with Gasteiger partial charge in [0.25, 0.3) is 0 Å². The molecule has 0 N–H and O–H groups in total. The van der Waals surface area contributed by atoms with Crippen LogP contribution in [0.2, 0.25) is 0 Å². The molecule has 1 aliphatic rings. The molecule has 0 spiro atoms. The summed E-state index contributed by atoms with van der Waals surface area (Å²) in [5.74, 6) is -0.461. The molecule has 1 atom stereocenters. The van der Waals surface area contributed by atoms with Crippen molar-refractivity contribution >= 4 is 18.0 Å². The second-order valence-electron chi connectivity index (χ2n) is 4.91. The highest BCUT2D eigenvalue weighted by atomic mass is 16.5. The molecule has 1 aromatic heterocycles. The smallest absolute Gasteiger partial charge is 0.328 e. The van der Waals surface area contributed by atoms with E-state index in [4.69, 9.17) is 4.74 Å². The normalized spacial score (nSPS) is 18.7. The van der Waals surface area contributed by atoms with Gasteiger partial charge in [0.1, 0.15) is 6.04 Å². The third kappa shape index (κ3) is 4.15. The minimum atomic E-state index is -0.454. The standard InChI is InChI=1S/C16H20N2O3/c1-2-21-16(20)14-7-3-4-11-18(14)15(19)9-8-13-6-5-10-17-12-13/h5-6,8-10,12,14H,2-4,7,11H2,1H3/b9-8+. The summed E-state index contributed by atoms with van der Waals surface area (Å²) >= 11 is 0. The molecule has 1 saturated heterocycles. The lowest BCUT2D eigenvalue weighted by molar-refractivity contribution is -0.155. The third-order valence-corrected chi connectivity index (χ3v) is 3.45. The molecule has 1 aliphatic heterocycles. The van der Waals surface area contributed by atoms with Crippen molar-refractivity contribution in [3.63, 3.8) is 0 Å². The van der Waals surface area contributed by atoms with Gasteiger partial charge in [-0.1, -0.05) is 6.07 Å². The summed E-state index contributed by atoms with van der Waals surface area (Å²) in [4.78, 5) is 29.8. The van der Waals surface area contributed by atoms with Crippen LogP contribution in [-0.2, 0) is 14.3 Å². The second kappa shape index (κ2) is 7.57. The number of esters is 1. The maximum absolute atomic E-state index is 12.3. The molecule has 5 nitrogen and oxygen atoms in total. The number of rotatable bonds is 4. The summed E-state index contributed by atoms with van der Waals surface area (Å²) in [5.41, 5.74) is 0.857. The number of piperidine rings is 1.